The maximum Gasteiger partial charge on any atom is 0.417 e. The Bertz CT molecular complexity index is 676. The summed E-state index contributed by atoms with van der Waals surface area (Å²) in [6.45, 7) is 4.05. The minimum Gasteiger partial charge on any atom is -0.317 e. The topological polar surface area (TPSA) is 49.4 Å². The lowest BCUT2D eigenvalue weighted by Crippen LogP contribution is -2.41. The molecule has 4 nitrogen and oxygen atoms in total. The summed E-state index contributed by atoms with van der Waals surface area (Å²) in [5.74, 6) is 0.337. The van der Waals surface area contributed by atoms with Crippen LogP contribution in [0, 0.1) is 5.92 Å². The third-order valence-corrected chi connectivity index (χ3v) is 6.31. The van der Waals surface area contributed by atoms with Gasteiger partial charge in [-0.3, -0.25) is 0 Å². The second kappa shape index (κ2) is 8.90. The molecule has 0 saturated carbocycles. The van der Waals surface area contributed by atoms with Gasteiger partial charge in [-0.2, -0.15) is 17.5 Å². The second-order valence-electron chi connectivity index (χ2n) is 5.79. The van der Waals surface area contributed by atoms with Gasteiger partial charge in [0.15, 0.2) is 0 Å². The van der Waals surface area contributed by atoms with Crippen molar-refractivity contribution in [3.63, 3.8) is 0 Å². The first kappa shape index (κ1) is 22.5. The molecule has 0 unspecified atom stereocenters. The monoisotopic (exact) mass is 420 g/mol. The maximum atomic E-state index is 13.2. The summed E-state index contributed by atoms with van der Waals surface area (Å²) >= 11 is 5.61. The molecule has 25 heavy (non-hydrogen) atoms. The molecule has 1 heterocycles. The fourth-order valence-corrected chi connectivity index (χ4v) is 4.62. The summed E-state index contributed by atoms with van der Waals surface area (Å²) in [5.41, 5.74) is -1.22. The average Bonchev–Trinajstić information content (AvgIpc) is 2.52. The number of alkyl halides is 3. The molecule has 1 aromatic rings. The maximum absolute atomic E-state index is 13.2. The first-order chi connectivity index (χ1) is 11.2. The van der Waals surface area contributed by atoms with E-state index < -0.39 is 26.7 Å². The first-order valence-corrected chi connectivity index (χ1v) is 9.55. The molecule has 1 N–H and O–H groups in total. The van der Waals surface area contributed by atoms with Crippen LogP contribution in [0.3, 0.4) is 0 Å². The molecule has 0 bridgehead atoms. The minimum absolute atomic E-state index is 0. The van der Waals surface area contributed by atoms with E-state index in [0.717, 1.165) is 23.5 Å². The highest BCUT2D eigenvalue weighted by Gasteiger charge is 2.40. The van der Waals surface area contributed by atoms with Gasteiger partial charge >= 0.3 is 6.18 Å². The number of hydrogen-bond donors (Lipinski definition) is 1. The van der Waals surface area contributed by atoms with Crippen molar-refractivity contribution in [2.45, 2.75) is 30.8 Å². The number of nitrogens with one attached hydrogen (secondary N) is 1. The first-order valence-electron chi connectivity index (χ1n) is 7.74. The van der Waals surface area contributed by atoms with Crippen molar-refractivity contribution >= 4 is 34.0 Å². The zero-order valence-electron chi connectivity index (χ0n) is 13.6. The van der Waals surface area contributed by atoms with Gasteiger partial charge in [0.25, 0.3) is 0 Å². The number of nitrogens with zero attached hydrogens (tertiary/aromatic N) is 1. The molecular formula is C15H21Cl2F3N2O2S. The molecule has 1 saturated heterocycles. The van der Waals surface area contributed by atoms with Crippen LogP contribution in [0.4, 0.5) is 13.2 Å². The quantitative estimate of drug-likeness (QED) is 0.787. The van der Waals surface area contributed by atoms with E-state index >= 15 is 0 Å². The molecule has 144 valence electrons. The van der Waals surface area contributed by atoms with E-state index in [2.05, 4.69) is 5.32 Å². The summed E-state index contributed by atoms with van der Waals surface area (Å²) in [4.78, 5) is -0.732. The number of halogens is 5. The normalized spacial score (nSPS) is 17.3. The van der Waals surface area contributed by atoms with Gasteiger partial charge in [-0.15, -0.1) is 12.4 Å². The number of benzene rings is 1. The third-order valence-electron chi connectivity index (χ3n) is 4.12. The van der Waals surface area contributed by atoms with Gasteiger partial charge in [-0.05, 0) is 50.0 Å². The zero-order valence-corrected chi connectivity index (χ0v) is 16.0. The summed E-state index contributed by atoms with van der Waals surface area (Å²) in [6.07, 6.45) is -3.53. The SMILES string of the molecule is CCNCC1CCN(S(=O)(=O)c2ccc(Cl)cc2C(F)(F)F)CC1.Cl. The van der Waals surface area contributed by atoms with Crippen LogP contribution in [0.2, 0.25) is 5.02 Å². The Morgan fingerprint density at radius 2 is 1.88 bits per heavy atom. The van der Waals surface area contributed by atoms with Gasteiger partial charge in [-0.1, -0.05) is 18.5 Å². The van der Waals surface area contributed by atoms with E-state index in [9.17, 15) is 21.6 Å². The van der Waals surface area contributed by atoms with E-state index in [1.165, 1.54) is 6.07 Å². The van der Waals surface area contributed by atoms with Crippen molar-refractivity contribution in [1.82, 2.24) is 9.62 Å². The third kappa shape index (κ3) is 5.47. The molecule has 1 aromatic carbocycles. The Hall–Kier alpha value is -0.540. The second-order valence-corrected chi connectivity index (χ2v) is 8.14. The van der Waals surface area contributed by atoms with Gasteiger partial charge in [0, 0.05) is 18.1 Å². The fourth-order valence-electron chi connectivity index (χ4n) is 2.79. The Morgan fingerprint density at radius 1 is 1.28 bits per heavy atom. The van der Waals surface area contributed by atoms with E-state index in [1.54, 1.807) is 0 Å². The van der Waals surface area contributed by atoms with E-state index in [-0.39, 0.29) is 30.5 Å². The number of rotatable bonds is 5. The Kier molecular flexibility index (Phi) is 8.01. The van der Waals surface area contributed by atoms with Gasteiger partial charge in [0.1, 0.15) is 0 Å². The lowest BCUT2D eigenvalue weighted by molar-refractivity contribution is -0.139. The van der Waals surface area contributed by atoms with E-state index in [1.807, 2.05) is 6.92 Å². The summed E-state index contributed by atoms with van der Waals surface area (Å²) in [7, 11) is -4.20. The molecule has 0 radical (unpaired) electrons. The summed E-state index contributed by atoms with van der Waals surface area (Å²) < 4.78 is 66.0. The molecule has 0 amide bonds. The Labute approximate surface area is 157 Å². The minimum atomic E-state index is -4.78. The highest BCUT2D eigenvalue weighted by molar-refractivity contribution is 7.89. The predicted molar refractivity (Wildman–Crippen MR) is 93.7 cm³/mol. The van der Waals surface area contributed by atoms with Gasteiger partial charge in [-0.25, -0.2) is 8.42 Å². The highest BCUT2D eigenvalue weighted by atomic mass is 35.5. The van der Waals surface area contributed by atoms with Crippen LogP contribution in [0.5, 0.6) is 0 Å². The summed E-state index contributed by atoms with van der Waals surface area (Å²) in [5, 5.41) is 3.06. The lowest BCUT2D eigenvalue weighted by Gasteiger charge is -2.32. The van der Waals surface area contributed by atoms with E-state index in [0.29, 0.717) is 24.8 Å². The van der Waals surface area contributed by atoms with Gasteiger partial charge < -0.3 is 5.32 Å². The van der Waals surface area contributed by atoms with Crippen LogP contribution in [0.25, 0.3) is 0 Å². The fraction of sp³-hybridized carbons (Fsp3) is 0.600. The molecule has 0 spiro atoms. The number of hydrogen-bond acceptors (Lipinski definition) is 3. The van der Waals surface area contributed by atoms with Gasteiger partial charge in [0.05, 0.1) is 10.5 Å². The molecule has 1 fully saturated rings. The van der Waals surface area contributed by atoms with Crippen LogP contribution in [-0.4, -0.2) is 38.9 Å². The number of piperidine rings is 1. The molecule has 1 aliphatic heterocycles. The van der Waals surface area contributed by atoms with Crippen molar-refractivity contribution in [3.8, 4) is 0 Å². The van der Waals surface area contributed by atoms with Crippen molar-refractivity contribution in [3.05, 3.63) is 28.8 Å². The smallest absolute Gasteiger partial charge is 0.317 e. The Balaban J connectivity index is 0.00000312. The van der Waals surface area contributed by atoms with Crippen molar-refractivity contribution in [2.75, 3.05) is 26.2 Å². The molecule has 0 aliphatic carbocycles. The predicted octanol–water partition coefficient (Wildman–Crippen LogP) is 3.79. The lowest BCUT2D eigenvalue weighted by atomic mass is 9.98. The van der Waals surface area contributed by atoms with Crippen LogP contribution in [-0.2, 0) is 16.2 Å². The van der Waals surface area contributed by atoms with Crippen molar-refractivity contribution < 1.29 is 21.6 Å². The molecular weight excluding hydrogens is 400 g/mol. The standard InChI is InChI=1S/C15H20ClF3N2O2S.ClH/c1-2-20-10-11-5-7-21(8-6-11)24(22,23)14-4-3-12(16)9-13(14)15(17,18)19;/h3-4,9,11,20H,2,5-8,10H2,1H3;1H. The molecule has 2 rings (SSSR count). The van der Waals surface area contributed by atoms with Crippen molar-refractivity contribution in [2.24, 2.45) is 5.92 Å². The average molecular weight is 421 g/mol. The molecule has 0 aromatic heterocycles. The Morgan fingerprint density at radius 3 is 2.40 bits per heavy atom. The van der Waals surface area contributed by atoms with Crippen LogP contribution in [0.1, 0.15) is 25.3 Å². The number of sulfonamides is 1. The zero-order chi connectivity index (χ0) is 18.0. The summed E-state index contributed by atoms with van der Waals surface area (Å²) in [6, 6.07) is 2.76. The van der Waals surface area contributed by atoms with Crippen LogP contribution in [0.15, 0.2) is 23.1 Å². The van der Waals surface area contributed by atoms with Crippen molar-refractivity contribution in [1.29, 1.82) is 0 Å². The van der Waals surface area contributed by atoms with Crippen LogP contribution < -0.4 is 5.32 Å². The molecule has 1 aliphatic rings. The van der Waals surface area contributed by atoms with Gasteiger partial charge in [0.2, 0.25) is 10.0 Å². The van der Waals surface area contributed by atoms with Crippen LogP contribution >= 0.6 is 24.0 Å². The molecule has 0 atom stereocenters. The largest absolute Gasteiger partial charge is 0.417 e. The highest BCUT2D eigenvalue weighted by Crippen LogP contribution is 2.37. The van der Waals surface area contributed by atoms with E-state index in [4.69, 9.17) is 11.6 Å². The molecule has 10 heteroatoms.